The second kappa shape index (κ2) is 8.02. The van der Waals surface area contributed by atoms with Crippen LogP contribution in [0.25, 0.3) is 0 Å². The van der Waals surface area contributed by atoms with Crippen LogP contribution < -0.4 is 5.32 Å². The van der Waals surface area contributed by atoms with Gasteiger partial charge in [-0.2, -0.15) is 0 Å². The second-order valence-electron chi connectivity index (χ2n) is 7.05. The van der Waals surface area contributed by atoms with E-state index in [2.05, 4.69) is 40.9 Å². The Labute approximate surface area is 131 Å². The molecule has 0 radical (unpaired) electrons. The second-order valence-corrected chi connectivity index (χ2v) is 7.05. The summed E-state index contributed by atoms with van der Waals surface area (Å²) in [6.45, 7) is 11.6. The smallest absolute Gasteiger partial charge is 0.193 e. The number of piperidine rings is 2. The molecule has 2 rings (SSSR count). The molecule has 0 aromatic heterocycles. The van der Waals surface area contributed by atoms with Crippen molar-refractivity contribution < 1.29 is 0 Å². The normalized spacial score (nSPS) is 30.3. The highest BCUT2D eigenvalue weighted by molar-refractivity contribution is 5.80. The average molecular weight is 294 g/mol. The van der Waals surface area contributed by atoms with Gasteiger partial charge in [0, 0.05) is 38.8 Å². The molecular weight excluding hydrogens is 260 g/mol. The third-order valence-corrected chi connectivity index (χ3v) is 5.14. The van der Waals surface area contributed by atoms with Gasteiger partial charge in [-0.1, -0.05) is 13.3 Å². The molecule has 2 saturated heterocycles. The van der Waals surface area contributed by atoms with Gasteiger partial charge in [-0.05, 0) is 52.0 Å². The Morgan fingerprint density at radius 2 is 2.00 bits per heavy atom. The zero-order valence-corrected chi connectivity index (χ0v) is 14.4. The van der Waals surface area contributed by atoms with Crippen LogP contribution in [0, 0.1) is 5.92 Å². The van der Waals surface area contributed by atoms with E-state index in [0.29, 0.717) is 6.04 Å². The lowest BCUT2D eigenvalue weighted by atomic mass is 10.0. The van der Waals surface area contributed by atoms with Gasteiger partial charge in [0.05, 0.1) is 0 Å². The maximum Gasteiger partial charge on any atom is 0.193 e. The number of aliphatic imine (C=N–C) groups is 1. The molecule has 1 N–H and O–H groups in total. The SMILES string of the molecule is CN=C(NCC(C)N1CCCCC1C)N1CCCC(C)C1. The molecule has 4 heteroatoms. The molecule has 2 aliphatic rings. The van der Waals surface area contributed by atoms with Crippen molar-refractivity contribution in [3.63, 3.8) is 0 Å². The Balaban J connectivity index is 1.82. The first-order valence-electron chi connectivity index (χ1n) is 8.83. The third-order valence-electron chi connectivity index (χ3n) is 5.14. The lowest BCUT2D eigenvalue weighted by Crippen LogP contribution is -2.52. The van der Waals surface area contributed by atoms with Gasteiger partial charge < -0.3 is 10.2 Å². The fraction of sp³-hybridized carbons (Fsp3) is 0.941. The molecule has 3 unspecified atom stereocenters. The van der Waals surface area contributed by atoms with Crippen molar-refractivity contribution in [2.45, 2.75) is 65.0 Å². The summed E-state index contributed by atoms with van der Waals surface area (Å²) in [5.74, 6) is 1.88. The number of rotatable bonds is 3. The predicted molar refractivity (Wildman–Crippen MR) is 90.8 cm³/mol. The average Bonchev–Trinajstić information content (AvgIpc) is 2.48. The number of nitrogens with one attached hydrogen (secondary N) is 1. The maximum absolute atomic E-state index is 4.50. The fourth-order valence-corrected chi connectivity index (χ4v) is 3.85. The highest BCUT2D eigenvalue weighted by Gasteiger charge is 2.24. The summed E-state index contributed by atoms with van der Waals surface area (Å²) < 4.78 is 0. The molecule has 0 aromatic carbocycles. The minimum atomic E-state index is 0.583. The number of guanidine groups is 1. The van der Waals surface area contributed by atoms with Gasteiger partial charge in [-0.15, -0.1) is 0 Å². The van der Waals surface area contributed by atoms with E-state index in [1.54, 1.807) is 0 Å². The van der Waals surface area contributed by atoms with Crippen LogP contribution in [-0.4, -0.2) is 61.1 Å². The van der Waals surface area contributed by atoms with Crippen LogP contribution in [-0.2, 0) is 0 Å². The Hall–Kier alpha value is -0.770. The van der Waals surface area contributed by atoms with Crippen molar-refractivity contribution in [3.8, 4) is 0 Å². The van der Waals surface area contributed by atoms with Gasteiger partial charge in [-0.3, -0.25) is 9.89 Å². The minimum Gasteiger partial charge on any atom is -0.355 e. The number of hydrogen-bond acceptors (Lipinski definition) is 2. The van der Waals surface area contributed by atoms with Gasteiger partial charge in [0.15, 0.2) is 5.96 Å². The molecule has 21 heavy (non-hydrogen) atoms. The Morgan fingerprint density at radius 1 is 1.19 bits per heavy atom. The summed E-state index contributed by atoms with van der Waals surface area (Å²) in [4.78, 5) is 9.58. The van der Waals surface area contributed by atoms with Gasteiger partial charge in [0.25, 0.3) is 0 Å². The lowest BCUT2D eigenvalue weighted by molar-refractivity contribution is 0.115. The first kappa shape index (κ1) is 16.6. The molecule has 0 aromatic rings. The molecule has 0 aliphatic carbocycles. The largest absolute Gasteiger partial charge is 0.355 e. The summed E-state index contributed by atoms with van der Waals surface area (Å²) in [7, 11) is 1.91. The van der Waals surface area contributed by atoms with Crippen LogP contribution in [0.4, 0.5) is 0 Å². The predicted octanol–water partition coefficient (Wildman–Crippen LogP) is 2.56. The highest BCUT2D eigenvalue weighted by Crippen LogP contribution is 2.19. The van der Waals surface area contributed by atoms with Crippen molar-refractivity contribution in [1.82, 2.24) is 15.1 Å². The van der Waals surface area contributed by atoms with E-state index in [1.165, 1.54) is 38.6 Å². The standard InChI is InChI=1S/C17H34N4/c1-14-8-7-10-20(13-14)17(18-4)19-12-16(3)21-11-6-5-9-15(21)2/h14-16H,5-13H2,1-4H3,(H,18,19). The van der Waals surface area contributed by atoms with Crippen molar-refractivity contribution in [2.75, 3.05) is 33.2 Å². The van der Waals surface area contributed by atoms with Crippen LogP contribution >= 0.6 is 0 Å². The van der Waals surface area contributed by atoms with Crippen LogP contribution in [0.1, 0.15) is 52.9 Å². The molecule has 3 atom stereocenters. The molecule has 0 amide bonds. The molecule has 0 spiro atoms. The van der Waals surface area contributed by atoms with E-state index in [4.69, 9.17) is 0 Å². The van der Waals surface area contributed by atoms with Crippen LogP contribution in [0.2, 0.25) is 0 Å². The topological polar surface area (TPSA) is 30.9 Å². The summed E-state index contributed by atoms with van der Waals surface area (Å²) in [5.41, 5.74) is 0. The number of likely N-dealkylation sites (tertiary alicyclic amines) is 2. The summed E-state index contributed by atoms with van der Waals surface area (Å²) in [6.07, 6.45) is 6.75. The Kier molecular flexibility index (Phi) is 6.34. The first-order valence-corrected chi connectivity index (χ1v) is 8.83. The van der Waals surface area contributed by atoms with Gasteiger partial charge in [-0.25, -0.2) is 0 Å². The summed E-state index contributed by atoms with van der Waals surface area (Å²) >= 11 is 0. The van der Waals surface area contributed by atoms with E-state index in [-0.39, 0.29) is 0 Å². The molecule has 2 fully saturated rings. The zero-order valence-electron chi connectivity index (χ0n) is 14.4. The molecule has 2 heterocycles. The Bertz CT molecular complexity index is 342. The van der Waals surface area contributed by atoms with Crippen molar-refractivity contribution in [1.29, 1.82) is 0 Å². The summed E-state index contributed by atoms with van der Waals surface area (Å²) in [5, 5.41) is 3.61. The maximum atomic E-state index is 4.50. The number of hydrogen-bond donors (Lipinski definition) is 1. The van der Waals surface area contributed by atoms with Gasteiger partial charge >= 0.3 is 0 Å². The quantitative estimate of drug-likeness (QED) is 0.641. The van der Waals surface area contributed by atoms with E-state index in [9.17, 15) is 0 Å². The van der Waals surface area contributed by atoms with Crippen molar-refractivity contribution in [2.24, 2.45) is 10.9 Å². The zero-order chi connectivity index (χ0) is 15.2. The van der Waals surface area contributed by atoms with E-state index >= 15 is 0 Å². The van der Waals surface area contributed by atoms with E-state index in [0.717, 1.165) is 37.6 Å². The van der Waals surface area contributed by atoms with Crippen molar-refractivity contribution in [3.05, 3.63) is 0 Å². The highest BCUT2D eigenvalue weighted by atomic mass is 15.3. The van der Waals surface area contributed by atoms with Crippen LogP contribution in [0.15, 0.2) is 4.99 Å². The van der Waals surface area contributed by atoms with Crippen LogP contribution in [0.5, 0.6) is 0 Å². The first-order chi connectivity index (χ1) is 10.1. The Morgan fingerprint density at radius 3 is 2.67 bits per heavy atom. The molecule has 0 saturated carbocycles. The lowest BCUT2D eigenvalue weighted by Gasteiger charge is -2.39. The number of nitrogens with zero attached hydrogens (tertiary/aromatic N) is 3. The van der Waals surface area contributed by atoms with Crippen molar-refractivity contribution >= 4 is 5.96 Å². The molecule has 4 nitrogen and oxygen atoms in total. The van der Waals surface area contributed by atoms with Crippen LogP contribution in [0.3, 0.4) is 0 Å². The van der Waals surface area contributed by atoms with Gasteiger partial charge in [0.1, 0.15) is 0 Å². The molecular formula is C17H34N4. The molecule has 122 valence electrons. The molecule has 0 bridgehead atoms. The fourth-order valence-electron chi connectivity index (χ4n) is 3.85. The summed E-state index contributed by atoms with van der Waals surface area (Å²) in [6, 6.07) is 1.31. The monoisotopic (exact) mass is 294 g/mol. The van der Waals surface area contributed by atoms with E-state index < -0.39 is 0 Å². The van der Waals surface area contributed by atoms with Gasteiger partial charge in [0.2, 0.25) is 0 Å². The molecule has 2 aliphatic heterocycles. The minimum absolute atomic E-state index is 0.583. The third kappa shape index (κ3) is 4.60. The van der Waals surface area contributed by atoms with E-state index in [1.807, 2.05) is 7.05 Å².